The number of amides is 1. The molecule has 0 spiro atoms. The van der Waals surface area contributed by atoms with Crippen LogP contribution in [0.5, 0.6) is 17.2 Å². The fourth-order valence-corrected chi connectivity index (χ4v) is 6.69. The van der Waals surface area contributed by atoms with E-state index >= 15 is 0 Å². The van der Waals surface area contributed by atoms with Crippen LogP contribution in [0.3, 0.4) is 0 Å². The van der Waals surface area contributed by atoms with E-state index < -0.39 is 25.7 Å². The van der Waals surface area contributed by atoms with Crippen molar-refractivity contribution in [3.63, 3.8) is 0 Å². The summed E-state index contributed by atoms with van der Waals surface area (Å²) in [7, 11) is 0.0839. The number of anilines is 3. The van der Waals surface area contributed by atoms with Crippen LogP contribution in [0.15, 0.2) is 66.9 Å². The monoisotopic (exact) mass is 770 g/mol. The molecule has 1 heterocycles. The van der Waals surface area contributed by atoms with Gasteiger partial charge in [0.05, 0.1) is 24.5 Å². The summed E-state index contributed by atoms with van der Waals surface area (Å²) in [5, 5.41) is 6.08. The average Bonchev–Trinajstić information content (AvgIpc) is 3.64. The highest BCUT2D eigenvalue weighted by atomic mass is 28.3. The highest BCUT2D eigenvalue weighted by molar-refractivity contribution is 6.76. The first-order chi connectivity index (χ1) is 26.2. The lowest BCUT2D eigenvalue weighted by Crippen LogP contribution is -2.27. The number of methoxy groups -OCH3 is 1. The standard InChI is InChI=1S/C42H54N4O8Si/c1-28-34(39(47)49-5)18-19-35(38(28)52-27-50-23-24-55(6,7)8)36-21-22-43-40(46-36)44-31-15-20-37(53-33-11-9-10-12-33)29(25-31)26-51-32-16-13-30(14-17-32)45-41(48)54-42(2,3)4/h13-22,25,33H,9-12,23-24,26-27H2,1-8H3,(H,45,48)(H,43,44,46). The molecule has 1 amide bonds. The van der Waals surface area contributed by atoms with Crippen molar-refractivity contribution in [3.8, 4) is 28.5 Å². The Labute approximate surface area is 325 Å². The first kappa shape index (κ1) is 41.0. The van der Waals surface area contributed by atoms with Crippen LogP contribution >= 0.6 is 0 Å². The zero-order valence-electron chi connectivity index (χ0n) is 33.2. The summed E-state index contributed by atoms with van der Waals surface area (Å²) < 4.78 is 35.0. The Morgan fingerprint density at radius 1 is 0.927 bits per heavy atom. The largest absolute Gasteiger partial charge is 0.490 e. The molecule has 0 atom stereocenters. The van der Waals surface area contributed by atoms with E-state index in [1.807, 2.05) is 45.9 Å². The number of ether oxygens (including phenoxy) is 6. The van der Waals surface area contributed by atoms with Crippen LogP contribution < -0.4 is 24.8 Å². The third-order valence-corrected chi connectivity index (χ3v) is 10.5. The summed E-state index contributed by atoms with van der Waals surface area (Å²) in [4.78, 5) is 34.1. The first-order valence-corrected chi connectivity index (χ1v) is 22.4. The smallest absolute Gasteiger partial charge is 0.412 e. The van der Waals surface area contributed by atoms with Crippen molar-refractivity contribution in [1.82, 2.24) is 9.97 Å². The van der Waals surface area contributed by atoms with E-state index in [1.165, 1.54) is 7.11 Å². The van der Waals surface area contributed by atoms with Crippen molar-refractivity contribution >= 4 is 37.5 Å². The molecule has 0 aliphatic heterocycles. The van der Waals surface area contributed by atoms with Crippen LogP contribution in [-0.4, -0.2) is 62.3 Å². The third kappa shape index (κ3) is 12.4. The van der Waals surface area contributed by atoms with Crippen molar-refractivity contribution in [2.75, 3.05) is 31.1 Å². The molecule has 0 saturated heterocycles. The van der Waals surface area contributed by atoms with Gasteiger partial charge in [-0.2, -0.15) is 0 Å². The predicted octanol–water partition coefficient (Wildman–Crippen LogP) is 9.92. The Hall–Kier alpha value is -5.14. The Morgan fingerprint density at radius 3 is 2.35 bits per heavy atom. The molecule has 13 heteroatoms. The minimum absolute atomic E-state index is 0.0341. The summed E-state index contributed by atoms with van der Waals surface area (Å²) >= 11 is 0. The quantitative estimate of drug-likeness (QED) is 0.0487. The number of carbonyl (C=O) groups excluding carboxylic acids is 2. The number of hydrogen-bond acceptors (Lipinski definition) is 11. The highest BCUT2D eigenvalue weighted by Crippen LogP contribution is 2.36. The highest BCUT2D eigenvalue weighted by Gasteiger charge is 2.22. The Kier molecular flexibility index (Phi) is 13.8. The molecule has 12 nitrogen and oxygen atoms in total. The minimum Gasteiger partial charge on any atom is -0.490 e. The van der Waals surface area contributed by atoms with Gasteiger partial charge in [0.1, 0.15) is 29.5 Å². The lowest BCUT2D eigenvalue weighted by Gasteiger charge is -2.20. The summed E-state index contributed by atoms with van der Waals surface area (Å²) in [5.41, 5.74) is 3.91. The average molecular weight is 771 g/mol. The number of carbonyl (C=O) groups is 2. The number of nitrogens with one attached hydrogen (secondary N) is 2. The number of rotatable bonds is 16. The van der Waals surface area contributed by atoms with E-state index in [2.05, 4.69) is 35.3 Å². The second-order valence-corrected chi connectivity index (χ2v) is 21.4. The van der Waals surface area contributed by atoms with E-state index in [9.17, 15) is 9.59 Å². The molecule has 55 heavy (non-hydrogen) atoms. The molecule has 0 radical (unpaired) electrons. The summed E-state index contributed by atoms with van der Waals surface area (Å²) in [5.74, 6) is 1.79. The maximum absolute atomic E-state index is 12.6. The van der Waals surface area contributed by atoms with Gasteiger partial charge in [-0.3, -0.25) is 5.32 Å². The number of hydrogen-bond donors (Lipinski definition) is 2. The molecular weight excluding hydrogens is 717 g/mol. The lowest BCUT2D eigenvalue weighted by molar-refractivity contribution is 0.0218. The van der Waals surface area contributed by atoms with Crippen molar-refractivity contribution in [3.05, 3.63) is 83.6 Å². The van der Waals surface area contributed by atoms with Crippen LogP contribution in [0.2, 0.25) is 25.7 Å². The summed E-state index contributed by atoms with van der Waals surface area (Å²) in [6, 6.07) is 19.3. The van der Waals surface area contributed by atoms with E-state index in [4.69, 9.17) is 33.4 Å². The Bertz CT molecular complexity index is 1920. The van der Waals surface area contributed by atoms with Gasteiger partial charge in [0, 0.05) is 48.9 Å². The fourth-order valence-electron chi connectivity index (χ4n) is 5.93. The molecule has 2 N–H and O–H groups in total. The van der Waals surface area contributed by atoms with E-state index in [0.717, 1.165) is 48.7 Å². The summed E-state index contributed by atoms with van der Waals surface area (Å²) in [6.45, 7) is 15.0. The number of benzene rings is 3. The molecule has 0 unspecified atom stereocenters. The maximum atomic E-state index is 12.6. The van der Waals surface area contributed by atoms with Crippen LogP contribution in [0, 0.1) is 6.92 Å². The molecule has 4 aromatic rings. The van der Waals surface area contributed by atoms with Crippen LogP contribution in [0.25, 0.3) is 11.3 Å². The molecule has 1 aromatic heterocycles. The third-order valence-electron chi connectivity index (χ3n) is 8.83. The lowest BCUT2D eigenvalue weighted by atomic mass is 10.0. The van der Waals surface area contributed by atoms with Crippen molar-refractivity contribution in [2.45, 2.75) is 97.4 Å². The number of nitrogens with zero attached hydrogens (tertiary/aromatic N) is 2. The number of esters is 1. The van der Waals surface area contributed by atoms with Gasteiger partial charge < -0.3 is 33.7 Å². The SMILES string of the molecule is COC(=O)c1ccc(-c2ccnc(Nc3ccc(OC4CCCC4)c(COc4ccc(NC(=O)OC(C)(C)C)cc4)c3)n2)c(OCOCC[Si](C)(C)C)c1C. The van der Waals surface area contributed by atoms with E-state index in [1.54, 1.807) is 48.7 Å². The molecule has 1 fully saturated rings. The normalized spacial score (nSPS) is 13.2. The predicted molar refractivity (Wildman–Crippen MR) is 216 cm³/mol. The van der Waals surface area contributed by atoms with Gasteiger partial charge in [0.2, 0.25) is 5.95 Å². The van der Waals surface area contributed by atoms with Gasteiger partial charge in [-0.15, -0.1) is 0 Å². The maximum Gasteiger partial charge on any atom is 0.412 e. The topological polar surface area (TPSA) is 139 Å². The zero-order chi connectivity index (χ0) is 39.6. The van der Waals surface area contributed by atoms with E-state index in [0.29, 0.717) is 52.1 Å². The first-order valence-electron chi connectivity index (χ1n) is 18.7. The van der Waals surface area contributed by atoms with Crippen LogP contribution in [-0.2, 0) is 20.8 Å². The second kappa shape index (κ2) is 18.5. The van der Waals surface area contributed by atoms with Gasteiger partial charge in [-0.25, -0.2) is 19.6 Å². The Morgan fingerprint density at radius 2 is 1.65 bits per heavy atom. The van der Waals surface area contributed by atoms with Crippen LogP contribution in [0.1, 0.15) is 67.9 Å². The van der Waals surface area contributed by atoms with Crippen LogP contribution in [0.4, 0.5) is 22.1 Å². The molecule has 0 bridgehead atoms. The van der Waals surface area contributed by atoms with Gasteiger partial charge in [-0.05, 0) is 120 Å². The second-order valence-electron chi connectivity index (χ2n) is 15.8. The van der Waals surface area contributed by atoms with Crippen molar-refractivity contribution in [2.24, 2.45) is 0 Å². The fraction of sp³-hybridized carbons (Fsp3) is 0.429. The zero-order valence-corrected chi connectivity index (χ0v) is 34.2. The molecular formula is C42H54N4O8Si. The molecule has 1 aliphatic carbocycles. The van der Waals surface area contributed by atoms with Gasteiger partial charge >= 0.3 is 12.1 Å². The van der Waals surface area contributed by atoms with Gasteiger partial charge in [0.15, 0.2) is 6.79 Å². The molecule has 1 aliphatic rings. The molecule has 1 saturated carbocycles. The molecule has 5 rings (SSSR count). The minimum atomic E-state index is -1.27. The summed E-state index contributed by atoms with van der Waals surface area (Å²) in [6.07, 6.45) is 5.64. The Balaban J connectivity index is 1.34. The van der Waals surface area contributed by atoms with E-state index in [-0.39, 0.29) is 19.5 Å². The van der Waals surface area contributed by atoms with Crippen molar-refractivity contribution < 1.29 is 38.0 Å². The molecule has 294 valence electrons. The van der Waals surface area contributed by atoms with Gasteiger partial charge in [0.25, 0.3) is 0 Å². The van der Waals surface area contributed by atoms with Gasteiger partial charge in [-0.1, -0.05) is 19.6 Å². The van der Waals surface area contributed by atoms with Crippen molar-refractivity contribution in [1.29, 1.82) is 0 Å². The molecule has 3 aromatic carbocycles. The number of aromatic nitrogens is 2.